The zero-order chi connectivity index (χ0) is 18.9. The third kappa shape index (κ3) is 3.35. The SMILES string of the molecule is Cc1noc(C)c1C(C)(C)NC1CCCN(c2ccc(C#N)cc2)C1=O. The van der Waals surface area contributed by atoms with Gasteiger partial charge in [-0.05, 0) is 64.8 Å². The van der Waals surface area contributed by atoms with Gasteiger partial charge < -0.3 is 9.42 Å². The van der Waals surface area contributed by atoms with E-state index in [0.29, 0.717) is 12.1 Å². The number of hydrogen-bond acceptors (Lipinski definition) is 5. The van der Waals surface area contributed by atoms with E-state index in [2.05, 4.69) is 16.5 Å². The monoisotopic (exact) mass is 352 g/mol. The van der Waals surface area contributed by atoms with E-state index < -0.39 is 5.54 Å². The number of carbonyl (C=O) groups excluding carboxylic acids is 1. The van der Waals surface area contributed by atoms with Crippen LogP contribution in [0.2, 0.25) is 0 Å². The van der Waals surface area contributed by atoms with Gasteiger partial charge in [-0.25, -0.2) is 0 Å². The van der Waals surface area contributed by atoms with Gasteiger partial charge in [0, 0.05) is 23.3 Å². The normalized spacial score (nSPS) is 18.0. The highest BCUT2D eigenvalue weighted by Crippen LogP contribution is 2.29. The summed E-state index contributed by atoms with van der Waals surface area (Å²) < 4.78 is 5.30. The summed E-state index contributed by atoms with van der Waals surface area (Å²) in [6.45, 7) is 8.60. The Labute approximate surface area is 153 Å². The van der Waals surface area contributed by atoms with Gasteiger partial charge in [0.1, 0.15) is 5.76 Å². The Hall–Kier alpha value is -2.65. The van der Waals surface area contributed by atoms with Crippen molar-refractivity contribution in [1.29, 1.82) is 5.26 Å². The molecule has 1 aromatic carbocycles. The first kappa shape index (κ1) is 18.2. The van der Waals surface area contributed by atoms with Crippen LogP contribution in [0.3, 0.4) is 0 Å². The molecule has 0 radical (unpaired) electrons. The number of benzene rings is 1. The number of carbonyl (C=O) groups is 1. The molecule has 2 aromatic rings. The largest absolute Gasteiger partial charge is 0.361 e. The molecule has 0 aliphatic carbocycles. The highest BCUT2D eigenvalue weighted by atomic mass is 16.5. The Balaban J connectivity index is 1.80. The van der Waals surface area contributed by atoms with E-state index in [1.165, 1.54) is 0 Å². The molecule has 1 amide bonds. The summed E-state index contributed by atoms with van der Waals surface area (Å²) in [5.74, 6) is 0.827. The van der Waals surface area contributed by atoms with E-state index in [1.54, 1.807) is 17.0 Å². The van der Waals surface area contributed by atoms with Crippen molar-refractivity contribution in [3.63, 3.8) is 0 Å². The van der Waals surface area contributed by atoms with Gasteiger partial charge in [0.05, 0.1) is 23.4 Å². The van der Waals surface area contributed by atoms with Gasteiger partial charge in [0.2, 0.25) is 5.91 Å². The van der Waals surface area contributed by atoms with Crippen molar-refractivity contribution < 1.29 is 9.32 Å². The van der Waals surface area contributed by atoms with Crippen molar-refractivity contribution in [3.8, 4) is 6.07 Å². The molecule has 1 saturated heterocycles. The van der Waals surface area contributed by atoms with E-state index in [4.69, 9.17) is 9.78 Å². The first-order valence-electron chi connectivity index (χ1n) is 8.86. The van der Waals surface area contributed by atoms with Crippen LogP contribution < -0.4 is 10.2 Å². The standard InChI is InChI=1S/C20H24N4O2/c1-13-18(14(2)26-23-13)20(3,4)22-17-6-5-11-24(19(17)25)16-9-7-15(12-21)8-10-16/h7-10,17,22H,5-6,11H2,1-4H3. The van der Waals surface area contributed by atoms with Gasteiger partial charge >= 0.3 is 0 Å². The van der Waals surface area contributed by atoms with Crippen molar-refractivity contribution in [2.75, 3.05) is 11.4 Å². The molecule has 1 aromatic heterocycles. The number of piperidine rings is 1. The lowest BCUT2D eigenvalue weighted by Crippen LogP contribution is -2.55. The van der Waals surface area contributed by atoms with E-state index in [-0.39, 0.29) is 11.9 Å². The van der Waals surface area contributed by atoms with E-state index >= 15 is 0 Å². The summed E-state index contributed by atoms with van der Waals surface area (Å²) in [4.78, 5) is 14.9. The molecule has 1 unspecified atom stereocenters. The Morgan fingerprint density at radius 1 is 1.31 bits per heavy atom. The van der Waals surface area contributed by atoms with Crippen LogP contribution in [-0.4, -0.2) is 23.7 Å². The lowest BCUT2D eigenvalue weighted by atomic mass is 9.90. The third-order valence-electron chi connectivity index (χ3n) is 4.94. The van der Waals surface area contributed by atoms with E-state index in [0.717, 1.165) is 35.5 Å². The number of aryl methyl sites for hydroxylation is 2. The van der Waals surface area contributed by atoms with Gasteiger partial charge in [0.25, 0.3) is 0 Å². The van der Waals surface area contributed by atoms with Crippen molar-refractivity contribution >= 4 is 11.6 Å². The van der Waals surface area contributed by atoms with Gasteiger partial charge in [-0.3, -0.25) is 10.1 Å². The highest BCUT2D eigenvalue weighted by Gasteiger charge is 2.36. The molecule has 1 aliphatic heterocycles. The maximum Gasteiger partial charge on any atom is 0.244 e. The van der Waals surface area contributed by atoms with E-state index in [1.807, 2.05) is 39.8 Å². The van der Waals surface area contributed by atoms with Crippen LogP contribution in [0.5, 0.6) is 0 Å². The number of nitrogens with zero attached hydrogens (tertiary/aromatic N) is 3. The topological polar surface area (TPSA) is 82.2 Å². The lowest BCUT2D eigenvalue weighted by Gasteiger charge is -2.37. The molecule has 136 valence electrons. The summed E-state index contributed by atoms with van der Waals surface area (Å²) in [6.07, 6.45) is 1.71. The smallest absolute Gasteiger partial charge is 0.244 e. The molecule has 6 nitrogen and oxygen atoms in total. The van der Waals surface area contributed by atoms with Crippen LogP contribution in [0.25, 0.3) is 0 Å². The number of nitriles is 1. The minimum atomic E-state index is -0.428. The lowest BCUT2D eigenvalue weighted by molar-refractivity contribution is -0.122. The summed E-state index contributed by atoms with van der Waals surface area (Å²) in [5.41, 5.74) is 2.83. The minimum Gasteiger partial charge on any atom is -0.361 e. The third-order valence-corrected chi connectivity index (χ3v) is 4.94. The first-order valence-corrected chi connectivity index (χ1v) is 8.86. The molecule has 6 heteroatoms. The number of hydrogen-bond donors (Lipinski definition) is 1. The van der Waals surface area contributed by atoms with Crippen molar-refractivity contribution in [2.24, 2.45) is 0 Å². The summed E-state index contributed by atoms with van der Waals surface area (Å²) in [6, 6.07) is 8.98. The zero-order valence-corrected chi connectivity index (χ0v) is 15.7. The minimum absolute atomic E-state index is 0.0563. The predicted octanol–water partition coefficient (Wildman–Crippen LogP) is 3.18. The molecule has 2 heterocycles. The average Bonchev–Trinajstić information content (AvgIpc) is 2.96. The second-order valence-corrected chi connectivity index (χ2v) is 7.31. The van der Waals surface area contributed by atoms with Crippen LogP contribution in [0.15, 0.2) is 28.8 Å². The maximum absolute atomic E-state index is 13.1. The molecule has 1 atom stereocenters. The molecule has 3 rings (SSSR count). The number of nitrogens with one attached hydrogen (secondary N) is 1. The molecule has 0 spiro atoms. The Kier molecular flexibility index (Phi) is 4.84. The molecule has 0 bridgehead atoms. The van der Waals surface area contributed by atoms with Crippen LogP contribution in [-0.2, 0) is 10.3 Å². The van der Waals surface area contributed by atoms with Gasteiger partial charge in [-0.15, -0.1) is 0 Å². The number of anilines is 1. The molecule has 1 aliphatic rings. The number of aromatic nitrogens is 1. The Morgan fingerprint density at radius 2 is 2.00 bits per heavy atom. The average molecular weight is 352 g/mol. The van der Waals surface area contributed by atoms with Gasteiger partial charge in [0.15, 0.2) is 0 Å². The fourth-order valence-corrected chi connectivity index (χ4v) is 3.86. The van der Waals surface area contributed by atoms with E-state index in [9.17, 15) is 4.79 Å². The second-order valence-electron chi connectivity index (χ2n) is 7.31. The van der Waals surface area contributed by atoms with Crippen molar-refractivity contribution in [2.45, 2.75) is 52.1 Å². The van der Waals surface area contributed by atoms with Gasteiger partial charge in [-0.1, -0.05) is 5.16 Å². The molecule has 26 heavy (non-hydrogen) atoms. The fourth-order valence-electron chi connectivity index (χ4n) is 3.86. The molecular weight excluding hydrogens is 328 g/mol. The Bertz CT molecular complexity index is 826. The Morgan fingerprint density at radius 3 is 2.58 bits per heavy atom. The molecule has 1 fully saturated rings. The predicted molar refractivity (Wildman–Crippen MR) is 98.7 cm³/mol. The number of amides is 1. The van der Waals surface area contributed by atoms with Crippen LogP contribution in [0.4, 0.5) is 5.69 Å². The second kappa shape index (κ2) is 6.93. The maximum atomic E-state index is 13.1. The van der Waals surface area contributed by atoms with Crippen LogP contribution >= 0.6 is 0 Å². The molecular formula is C20H24N4O2. The highest BCUT2D eigenvalue weighted by molar-refractivity contribution is 5.98. The van der Waals surface area contributed by atoms with Crippen LogP contribution in [0.1, 0.15) is 49.3 Å². The molecule has 1 N–H and O–H groups in total. The fraction of sp³-hybridized carbons (Fsp3) is 0.450. The molecule has 0 saturated carbocycles. The van der Waals surface area contributed by atoms with Crippen molar-refractivity contribution in [1.82, 2.24) is 10.5 Å². The summed E-state index contributed by atoms with van der Waals surface area (Å²) >= 11 is 0. The van der Waals surface area contributed by atoms with Crippen molar-refractivity contribution in [3.05, 3.63) is 46.8 Å². The first-order chi connectivity index (χ1) is 12.3. The quantitative estimate of drug-likeness (QED) is 0.914. The van der Waals surface area contributed by atoms with Gasteiger partial charge in [-0.2, -0.15) is 5.26 Å². The summed E-state index contributed by atoms with van der Waals surface area (Å²) in [5, 5.41) is 16.5. The van der Waals surface area contributed by atoms with Crippen LogP contribution in [0, 0.1) is 25.2 Å². The zero-order valence-electron chi connectivity index (χ0n) is 15.7. The number of rotatable bonds is 4. The summed E-state index contributed by atoms with van der Waals surface area (Å²) in [7, 11) is 0.